The van der Waals surface area contributed by atoms with E-state index in [0.29, 0.717) is 17.9 Å². The predicted octanol–water partition coefficient (Wildman–Crippen LogP) is 5.26. The first-order chi connectivity index (χ1) is 13.3. The van der Waals surface area contributed by atoms with Crippen molar-refractivity contribution in [3.05, 3.63) is 90.6 Å². The number of hydrogen-bond donors (Lipinski definition) is 0. The average Bonchev–Trinajstić information content (AvgIpc) is 2.75. The molecular weight excluding hydrogens is 328 g/mol. The molecule has 0 radical (unpaired) electrons. The first kappa shape index (κ1) is 16.7. The van der Waals surface area contributed by atoms with Crippen molar-refractivity contribution in [3.63, 3.8) is 0 Å². The molecule has 3 aliphatic rings. The topological polar surface area (TPSA) is 16.1 Å². The number of benzene rings is 2. The van der Waals surface area contributed by atoms with E-state index in [1.165, 1.54) is 35.9 Å². The Morgan fingerprint density at radius 1 is 1.04 bits per heavy atom. The number of pyridine rings is 1. The number of fused-ring (bicyclic) bond motifs is 4. The van der Waals surface area contributed by atoms with E-state index in [1.54, 1.807) is 0 Å². The molecule has 6 rings (SSSR count). The van der Waals surface area contributed by atoms with Gasteiger partial charge in [-0.3, -0.25) is 9.88 Å². The Kier molecular flexibility index (Phi) is 4.29. The van der Waals surface area contributed by atoms with Gasteiger partial charge in [-0.05, 0) is 54.5 Å². The van der Waals surface area contributed by atoms with Crippen LogP contribution in [0.15, 0.2) is 79.5 Å². The molecule has 2 aromatic carbocycles. The molecule has 3 fully saturated rings. The summed E-state index contributed by atoms with van der Waals surface area (Å²) in [6.45, 7) is 6.47. The van der Waals surface area contributed by atoms with Gasteiger partial charge in [0, 0.05) is 30.1 Å². The van der Waals surface area contributed by atoms with Crippen molar-refractivity contribution in [1.29, 1.82) is 0 Å². The van der Waals surface area contributed by atoms with Crippen LogP contribution in [0.2, 0.25) is 0 Å². The van der Waals surface area contributed by atoms with E-state index in [-0.39, 0.29) is 0 Å². The average molecular weight is 354 g/mol. The fourth-order valence-corrected chi connectivity index (χ4v) is 5.38. The zero-order valence-electron chi connectivity index (χ0n) is 15.7. The molecule has 4 heterocycles. The van der Waals surface area contributed by atoms with Crippen LogP contribution in [-0.2, 0) is 0 Å². The van der Waals surface area contributed by atoms with Crippen LogP contribution in [0.4, 0.5) is 0 Å². The van der Waals surface area contributed by atoms with E-state index in [0.717, 1.165) is 18.0 Å². The second-order valence-corrected chi connectivity index (χ2v) is 8.05. The third-order valence-corrected chi connectivity index (χ3v) is 6.72. The van der Waals surface area contributed by atoms with Gasteiger partial charge in [-0.1, -0.05) is 54.6 Å². The van der Waals surface area contributed by atoms with Crippen LogP contribution < -0.4 is 0 Å². The third-order valence-electron chi connectivity index (χ3n) is 6.72. The van der Waals surface area contributed by atoms with E-state index in [9.17, 15) is 0 Å². The Bertz CT molecular complexity index is 943. The van der Waals surface area contributed by atoms with Gasteiger partial charge in [-0.15, -0.1) is 6.58 Å². The van der Waals surface area contributed by atoms with E-state index in [4.69, 9.17) is 0 Å². The molecule has 0 aliphatic carbocycles. The lowest BCUT2D eigenvalue weighted by molar-refractivity contribution is 0.0121. The Balaban J connectivity index is 1.64. The molecule has 0 saturated carbocycles. The minimum Gasteiger partial charge on any atom is -0.299 e. The first-order valence-electron chi connectivity index (χ1n) is 10.1. The van der Waals surface area contributed by atoms with Gasteiger partial charge >= 0.3 is 0 Å². The molecule has 1 aromatic heterocycles. The maximum absolute atomic E-state index is 4.61. The Hall–Kier alpha value is -2.45. The van der Waals surface area contributed by atoms with Crippen molar-refractivity contribution in [1.82, 2.24) is 9.88 Å². The zero-order chi connectivity index (χ0) is 18.2. The van der Waals surface area contributed by atoms with Crippen molar-refractivity contribution in [3.8, 4) is 0 Å². The maximum Gasteiger partial charge on any atom is 0.0704 e. The Labute approximate surface area is 161 Å². The molecular formula is C25H26N2. The Morgan fingerprint density at radius 3 is 2.63 bits per heavy atom. The molecule has 3 saturated heterocycles. The summed E-state index contributed by atoms with van der Waals surface area (Å²) in [6.07, 6.45) is 6.74. The van der Waals surface area contributed by atoms with Crippen molar-refractivity contribution in [2.24, 2.45) is 11.8 Å². The van der Waals surface area contributed by atoms with Crippen LogP contribution >= 0.6 is 0 Å². The van der Waals surface area contributed by atoms with Gasteiger partial charge in [0.15, 0.2) is 0 Å². The smallest absolute Gasteiger partial charge is 0.0704 e. The van der Waals surface area contributed by atoms with E-state index >= 15 is 0 Å². The molecule has 2 heteroatoms. The molecule has 2 nitrogen and oxygen atoms in total. The van der Waals surface area contributed by atoms with Crippen LogP contribution in [0, 0.1) is 11.8 Å². The minimum absolute atomic E-state index is 0.382. The monoisotopic (exact) mass is 354 g/mol. The molecule has 27 heavy (non-hydrogen) atoms. The molecule has 136 valence electrons. The molecule has 1 unspecified atom stereocenters. The first-order valence-corrected chi connectivity index (χ1v) is 10.1. The molecule has 5 atom stereocenters. The van der Waals surface area contributed by atoms with Gasteiger partial charge < -0.3 is 0 Å². The van der Waals surface area contributed by atoms with Crippen molar-refractivity contribution in [2.75, 3.05) is 13.1 Å². The minimum atomic E-state index is 0.382. The van der Waals surface area contributed by atoms with Crippen molar-refractivity contribution >= 4 is 10.9 Å². The van der Waals surface area contributed by atoms with E-state index in [1.807, 2.05) is 6.20 Å². The maximum atomic E-state index is 4.61. The van der Waals surface area contributed by atoms with Crippen LogP contribution in [0.3, 0.4) is 0 Å². The fraction of sp³-hybridized carbons (Fsp3) is 0.320. The standard InChI is InChI=1S/C25H26N2/c1-2-18-17-27-15-13-20(18)16-24(27)25(19-8-4-3-5-9-19)22-12-14-26-23-11-7-6-10-21(22)23/h2-12,14,18,20,24-25H,1,13,15-17H2/t18-,20-,24-,25-/m0/s1. The third kappa shape index (κ3) is 2.89. The molecule has 3 aromatic rings. The summed E-state index contributed by atoms with van der Waals surface area (Å²) in [4.78, 5) is 7.33. The largest absolute Gasteiger partial charge is 0.299 e. The quantitative estimate of drug-likeness (QED) is 0.594. The highest BCUT2D eigenvalue weighted by molar-refractivity contribution is 5.83. The molecule has 0 amide bonds. The molecule has 2 bridgehead atoms. The van der Waals surface area contributed by atoms with Gasteiger partial charge in [-0.25, -0.2) is 0 Å². The lowest BCUT2D eigenvalue weighted by Gasteiger charge is -2.52. The number of aromatic nitrogens is 1. The van der Waals surface area contributed by atoms with Crippen molar-refractivity contribution in [2.45, 2.75) is 24.8 Å². The summed E-state index contributed by atoms with van der Waals surface area (Å²) >= 11 is 0. The number of nitrogens with zero attached hydrogens (tertiary/aromatic N) is 2. The van der Waals surface area contributed by atoms with Crippen LogP contribution in [0.25, 0.3) is 10.9 Å². The van der Waals surface area contributed by atoms with Gasteiger partial charge in [0.1, 0.15) is 0 Å². The highest BCUT2D eigenvalue weighted by Crippen LogP contribution is 2.45. The van der Waals surface area contributed by atoms with Crippen molar-refractivity contribution < 1.29 is 0 Å². The second-order valence-electron chi connectivity index (χ2n) is 8.05. The number of piperidine rings is 3. The van der Waals surface area contributed by atoms with Gasteiger partial charge in [-0.2, -0.15) is 0 Å². The van der Waals surface area contributed by atoms with Gasteiger partial charge in [0.2, 0.25) is 0 Å². The summed E-state index contributed by atoms with van der Waals surface area (Å²) in [5.74, 6) is 1.81. The number of hydrogen-bond acceptors (Lipinski definition) is 2. The second kappa shape index (κ2) is 6.94. The summed E-state index contributed by atoms with van der Waals surface area (Å²) < 4.78 is 0. The van der Waals surface area contributed by atoms with E-state index < -0.39 is 0 Å². The zero-order valence-corrected chi connectivity index (χ0v) is 15.7. The van der Waals surface area contributed by atoms with Gasteiger partial charge in [0.25, 0.3) is 0 Å². The number of para-hydroxylation sites is 1. The summed E-state index contributed by atoms with van der Waals surface area (Å²) in [5.41, 5.74) is 3.93. The number of rotatable bonds is 4. The summed E-state index contributed by atoms with van der Waals surface area (Å²) in [7, 11) is 0. The molecule has 3 aliphatic heterocycles. The molecule has 0 spiro atoms. The van der Waals surface area contributed by atoms with Crippen LogP contribution in [0.1, 0.15) is 29.9 Å². The lowest BCUT2D eigenvalue weighted by Crippen LogP contribution is -2.55. The Morgan fingerprint density at radius 2 is 1.85 bits per heavy atom. The predicted molar refractivity (Wildman–Crippen MR) is 112 cm³/mol. The lowest BCUT2D eigenvalue weighted by atomic mass is 9.69. The SMILES string of the molecule is C=C[C@H]1CN2CC[C@H]1C[C@H]2[C@@H](c1ccccc1)c1ccnc2ccccc12. The van der Waals surface area contributed by atoms with E-state index in [2.05, 4.69) is 83.2 Å². The van der Waals surface area contributed by atoms with Crippen LogP contribution in [-0.4, -0.2) is 29.0 Å². The highest BCUT2D eigenvalue weighted by Gasteiger charge is 2.43. The molecule has 0 N–H and O–H groups in total. The summed E-state index contributed by atoms with van der Waals surface area (Å²) in [5, 5.41) is 1.29. The van der Waals surface area contributed by atoms with Gasteiger partial charge in [0.05, 0.1) is 5.52 Å². The summed E-state index contributed by atoms with van der Waals surface area (Å²) in [6, 6.07) is 22.4. The highest BCUT2D eigenvalue weighted by atomic mass is 15.2. The fourth-order valence-electron chi connectivity index (χ4n) is 5.38. The van der Waals surface area contributed by atoms with Crippen LogP contribution in [0.5, 0.6) is 0 Å². The normalized spacial score (nSPS) is 28.1.